The van der Waals surface area contributed by atoms with Gasteiger partial charge in [0, 0.05) is 0 Å². The predicted molar refractivity (Wildman–Crippen MR) is 41.1 cm³/mol. The Kier molecular flexibility index (Phi) is 5.22. The SMILES string of the molecule is NS(=O)(=O)C1CCCCC1.[H-].[Na+]. The Morgan fingerprint density at radius 3 is 1.91 bits per heavy atom. The van der Waals surface area contributed by atoms with E-state index in [1.54, 1.807) is 0 Å². The summed E-state index contributed by atoms with van der Waals surface area (Å²) in [4.78, 5) is 0. The summed E-state index contributed by atoms with van der Waals surface area (Å²) in [5, 5.41) is 4.73. The zero-order valence-corrected chi connectivity index (χ0v) is 9.73. The summed E-state index contributed by atoms with van der Waals surface area (Å²) >= 11 is 0. The van der Waals surface area contributed by atoms with E-state index in [-0.39, 0.29) is 36.2 Å². The Hall–Kier alpha value is 0.910. The molecule has 0 heterocycles. The molecule has 0 aromatic carbocycles. The van der Waals surface area contributed by atoms with E-state index in [1.807, 2.05) is 0 Å². The maximum Gasteiger partial charge on any atom is 1.00 e. The molecule has 62 valence electrons. The van der Waals surface area contributed by atoms with E-state index < -0.39 is 10.0 Å². The molecular weight excluding hydrogens is 173 g/mol. The first-order chi connectivity index (χ1) is 4.61. The molecule has 0 spiro atoms. The number of nitrogens with two attached hydrogens (primary N) is 1. The van der Waals surface area contributed by atoms with Crippen LogP contribution in [0.25, 0.3) is 0 Å². The fourth-order valence-corrected chi connectivity index (χ4v) is 2.38. The smallest absolute Gasteiger partial charge is 1.00 e. The number of sulfonamides is 1. The van der Waals surface area contributed by atoms with Crippen molar-refractivity contribution in [2.45, 2.75) is 37.4 Å². The van der Waals surface area contributed by atoms with E-state index in [2.05, 4.69) is 0 Å². The second-order valence-electron chi connectivity index (χ2n) is 2.85. The van der Waals surface area contributed by atoms with Crippen LogP contribution in [-0.4, -0.2) is 13.7 Å². The van der Waals surface area contributed by atoms with Crippen LogP contribution in [0.15, 0.2) is 0 Å². The molecule has 0 aromatic heterocycles. The van der Waals surface area contributed by atoms with Crippen LogP contribution < -0.4 is 34.7 Å². The van der Waals surface area contributed by atoms with E-state index in [9.17, 15) is 8.42 Å². The van der Waals surface area contributed by atoms with Gasteiger partial charge >= 0.3 is 29.6 Å². The van der Waals surface area contributed by atoms with Gasteiger partial charge in [-0.05, 0) is 12.8 Å². The second kappa shape index (κ2) is 4.82. The third-order valence-electron chi connectivity index (χ3n) is 2.02. The molecule has 0 amide bonds. The van der Waals surface area contributed by atoms with Crippen molar-refractivity contribution in [1.29, 1.82) is 0 Å². The zero-order chi connectivity index (χ0) is 7.61. The minimum atomic E-state index is -3.23. The molecule has 0 atom stereocenters. The summed E-state index contributed by atoms with van der Waals surface area (Å²) in [5.41, 5.74) is 0. The van der Waals surface area contributed by atoms with Gasteiger partial charge in [0.05, 0.1) is 5.25 Å². The molecule has 1 aliphatic carbocycles. The van der Waals surface area contributed by atoms with Crippen LogP contribution in [0.4, 0.5) is 0 Å². The van der Waals surface area contributed by atoms with Crippen LogP contribution in [0.3, 0.4) is 0 Å². The molecule has 1 fully saturated rings. The topological polar surface area (TPSA) is 60.2 Å². The van der Waals surface area contributed by atoms with Crippen LogP contribution >= 0.6 is 0 Å². The van der Waals surface area contributed by atoms with Gasteiger partial charge in [0.2, 0.25) is 10.0 Å². The molecule has 5 heteroatoms. The van der Waals surface area contributed by atoms with E-state index in [0.717, 1.165) is 32.1 Å². The van der Waals surface area contributed by atoms with Crippen molar-refractivity contribution >= 4 is 10.0 Å². The third-order valence-corrected chi connectivity index (χ3v) is 3.42. The van der Waals surface area contributed by atoms with Gasteiger partial charge in [0.25, 0.3) is 0 Å². The summed E-state index contributed by atoms with van der Waals surface area (Å²) < 4.78 is 21.5. The monoisotopic (exact) mass is 187 g/mol. The molecule has 11 heavy (non-hydrogen) atoms. The molecule has 2 N–H and O–H groups in total. The number of primary sulfonamides is 1. The normalized spacial score (nSPS) is 20.8. The average molecular weight is 187 g/mol. The van der Waals surface area contributed by atoms with Gasteiger partial charge < -0.3 is 1.43 Å². The number of rotatable bonds is 1. The van der Waals surface area contributed by atoms with Gasteiger partial charge in [-0.3, -0.25) is 0 Å². The van der Waals surface area contributed by atoms with Crippen LogP contribution in [-0.2, 0) is 10.0 Å². The van der Waals surface area contributed by atoms with Crippen molar-refractivity contribution in [1.82, 2.24) is 0 Å². The van der Waals surface area contributed by atoms with Crippen molar-refractivity contribution < 1.29 is 39.4 Å². The quantitative estimate of drug-likeness (QED) is 0.470. The molecule has 1 aliphatic rings. The van der Waals surface area contributed by atoms with E-state index >= 15 is 0 Å². The summed E-state index contributed by atoms with van der Waals surface area (Å²) in [6.45, 7) is 0. The van der Waals surface area contributed by atoms with Crippen molar-refractivity contribution in [2.75, 3.05) is 0 Å². The van der Waals surface area contributed by atoms with Gasteiger partial charge in [0.1, 0.15) is 0 Å². The predicted octanol–water partition coefficient (Wildman–Crippen LogP) is -2.28. The summed E-state index contributed by atoms with van der Waals surface area (Å²) in [6, 6.07) is 0. The van der Waals surface area contributed by atoms with E-state index in [0.29, 0.717) is 0 Å². The molecule has 3 nitrogen and oxygen atoms in total. The number of hydrogen-bond acceptors (Lipinski definition) is 2. The van der Waals surface area contributed by atoms with Gasteiger partial charge in [-0.25, -0.2) is 13.6 Å². The molecule has 0 aromatic rings. The van der Waals surface area contributed by atoms with Crippen LogP contribution in [0.2, 0.25) is 0 Å². The van der Waals surface area contributed by atoms with Gasteiger partial charge in [-0.15, -0.1) is 0 Å². The minimum Gasteiger partial charge on any atom is -1.00 e. The maximum atomic E-state index is 10.8. The van der Waals surface area contributed by atoms with Crippen LogP contribution in [0, 0.1) is 0 Å². The van der Waals surface area contributed by atoms with Crippen LogP contribution in [0.5, 0.6) is 0 Å². The molecule has 0 unspecified atom stereocenters. The van der Waals surface area contributed by atoms with Crippen molar-refractivity contribution in [3.63, 3.8) is 0 Å². The molecule has 1 rings (SSSR count). The summed E-state index contributed by atoms with van der Waals surface area (Å²) in [5.74, 6) is 0. The maximum absolute atomic E-state index is 10.8. The standard InChI is InChI=1S/C6H13NO2S.Na.H/c7-10(8,9)6-4-2-1-3-5-6;;/h6H,1-5H2,(H2,7,8,9);;/q;+1;-1. The molecular formula is C6H14NNaO2S. The first-order valence-corrected chi connectivity index (χ1v) is 5.23. The largest absolute Gasteiger partial charge is 1.00 e. The molecule has 0 bridgehead atoms. The fraction of sp³-hybridized carbons (Fsp3) is 1.00. The van der Waals surface area contributed by atoms with Gasteiger partial charge in [-0.1, -0.05) is 19.3 Å². The third kappa shape index (κ3) is 3.90. The Balaban J connectivity index is 0. The molecule has 1 saturated carbocycles. The minimum absolute atomic E-state index is 0. The Morgan fingerprint density at radius 2 is 1.64 bits per heavy atom. The van der Waals surface area contributed by atoms with Gasteiger partial charge in [-0.2, -0.15) is 0 Å². The first-order valence-electron chi connectivity index (χ1n) is 3.62. The molecule has 0 radical (unpaired) electrons. The average Bonchev–Trinajstić information content (AvgIpc) is 1.88. The van der Waals surface area contributed by atoms with E-state index in [1.165, 1.54) is 0 Å². The van der Waals surface area contributed by atoms with Gasteiger partial charge in [0.15, 0.2) is 0 Å². The first kappa shape index (κ1) is 11.9. The van der Waals surface area contributed by atoms with Crippen molar-refractivity contribution in [2.24, 2.45) is 5.14 Å². The van der Waals surface area contributed by atoms with Crippen LogP contribution in [0.1, 0.15) is 33.5 Å². The molecule has 0 saturated heterocycles. The second-order valence-corrected chi connectivity index (χ2v) is 4.69. The van der Waals surface area contributed by atoms with Crippen molar-refractivity contribution in [3.05, 3.63) is 0 Å². The van der Waals surface area contributed by atoms with Crippen molar-refractivity contribution in [3.8, 4) is 0 Å². The Bertz CT molecular complexity index is 202. The summed E-state index contributed by atoms with van der Waals surface area (Å²) in [7, 11) is -3.23. The summed E-state index contributed by atoms with van der Waals surface area (Å²) in [6.07, 6.45) is 4.71. The fourth-order valence-electron chi connectivity index (χ4n) is 1.39. The Labute approximate surface area is 91.6 Å². The van der Waals surface area contributed by atoms with E-state index in [4.69, 9.17) is 5.14 Å². The zero-order valence-electron chi connectivity index (χ0n) is 7.91. The molecule has 0 aliphatic heterocycles. The number of hydrogen-bond donors (Lipinski definition) is 1. The Morgan fingerprint density at radius 1 is 1.18 bits per heavy atom.